The van der Waals surface area contributed by atoms with E-state index in [4.69, 9.17) is 4.74 Å². The lowest BCUT2D eigenvalue weighted by Gasteiger charge is -2.34. The summed E-state index contributed by atoms with van der Waals surface area (Å²) in [6, 6.07) is 6.64. The zero-order valence-corrected chi connectivity index (χ0v) is 17.9. The molecule has 0 saturated carbocycles. The molecule has 2 amide bonds. The van der Waals surface area contributed by atoms with Gasteiger partial charge >= 0.3 is 6.09 Å². The zero-order valence-electron chi connectivity index (χ0n) is 17.1. The van der Waals surface area contributed by atoms with Gasteiger partial charge in [0, 0.05) is 36.3 Å². The van der Waals surface area contributed by atoms with Gasteiger partial charge in [0.15, 0.2) is 5.13 Å². The molecule has 8 heteroatoms. The Hall–Kier alpha value is -2.45. The number of ether oxygens (including phenoxy) is 1. The quantitative estimate of drug-likeness (QED) is 0.727. The normalized spacial score (nSPS) is 19.6. The van der Waals surface area contributed by atoms with Crippen molar-refractivity contribution < 1.29 is 14.3 Å². The number of likely N-dealkylation sites (tertiary alicyclic amines) is 1. The molecule has 0 aliphatic carbocycles. The number of aromatic nitrogens is 1. The first-order chi connectivity index (χ1) is 13.9. The minimum Gasteiger partial charge on any atom is -0.450 e. The van der Waals surface area contributed by atoms with Crippen molar-refractivity contribution in [3.05, 3.63) is 40.9 Å². The van der Waals surface area contributed by atoms with Gasteiger partial charge in [-0.25, -0.2) is 9.78 Å². The predicted molar refractivity (Wildman–Crippen MR) is 115 cm³/mol. The van der Waals surface area contributed by atoms with Crippen LogP contribution in [0.3, 0.4) is 0 Å². The molecule has 156 valence electrons. The van der Waals surface area contributed by atoms with Crippen molar-refractivity contribution in [2.45, 2.75) is 33.7 Å². The molecule has 2 unspecified atom stereocenters. The van der Waals surface area contributed by atoms with Crippen LogP contribution in [0.5, 0.6) is 0 Å². The number of carbonyl (C=O) groups is 2. The van der Waals surface area contributed by atoms with E-state index >= 15 is 0 Å². The van der Waals surface area contributed by atoms with Crippen molar-refractivity contribution in [1.82, 2.24) is 9.88 Å². The Morgan fingerprint density at radius 3 is 2.52 bits per heavy atom. The van der Waals surface area contributed by atoms with Crippen molar-refractivity contribution >= 4 is 34.2 Å². The van der Waals surface area contributed by atoms with Gasteiger partial charge in [0.2, 0.25) is 0 Å². The molecule has 2 heterocycles. The van der Waals surface area contributed by atoms with E-state index in [1.165, 1.54) is 17.8 Å². The summed E-state index contributed by atoms with van der Waals surface area (Å²) in [5.74, 6) is 1.18. The molecule has 0 bridgehead atoms. The van der Waals surface area contributed by atoms with Crippen molar-refractivity contribution in [1.29, 1.82) is 0 Å². The van der Waals surface area contributed by atoms with Crippen LogP contribution in [-0.4, -0.2) is 41.6 Å². The minimum atomic E-state index is -0.516. The number of anilines is 2. The number of carbonyl (C=O) groups excluding carboxylic acids is 2. The molecule has 1 fully saturated rings. The summed E-state index contributed by atoms with van der Waals surface area (Å²) in [5, 5.41) is 8.05. The van der Waals surface area contributed by atoms with Crippen LogP contribution in [0.1, 0.15) is 43.2 Å². The number of hydrogen-bond donors (Lipinski definition) is 2. The van der Waals surface area contributed by atoms with Gasteiger partial charge in [-0.2, -0.15) is 0 Å². The molecular formula is C21H28N4O3S. The minimum absolute atomic E-state index is 0.228. The molecule has 1 saturated heterocycles. The lowest BCUT2D eigenvalue weighted by atomic mass is 9.92. The molecule has 1 aliphatic rings. The summed E-state index contributed by atoms with van der Waals surface area (Å²) in [7, 11) is 0. The van der Waals surface area contributed by atoms with Gasteiger partial charge in [-0.3, -0.25) is 20.3 Å². The Balaban J connectivity index is 1.54. The SMILES string of the molecule is CCOC(=O)Nc1ccc(C(=O)Nc2nc(CN3CC(C)CC(C)C3)cs2)cc1. The third-order valence-electron chi connectivity index (χ3n) is 4.77. The Bertz CT molecular complexity index is 827. The molecule has 3 rings (SSSR count). The molecule has 29 heavy (non-hydrogen) atoms. The molecule has 1 aromatic carbocycles. The Morgan fingerprint density at radius 2 is 1.86 bits per heavy atom. The number of amides is 2. The van der Waals surface area contributed by atoms with E-state index in [2.05, 4.69) is 34.4 Å². The highest BCUT2D eigenvalue weighted by Gasteiger charge is 2.22. The van der Waals surface area contributed by atoms with E-state index in [0.29, 0.717) is 34.8 Å². The number of nitrogens with zero attached hydrogens (tertiary/aromatic N) is 2. The van der Waals surface area contributed by atoms with Crippen LogP contribution in [0.2, 0.25) is 0 Å². The van der Waals surface area contributed by atoms with Crippen LogP contribution < -0.4 is 10.6 Å². The molecular weight excluding hydrogens is 388 g/mol. The standard InChI is InChI=1S/C21H28N4O3S/c1-4-28-21(27)23-17-7-5-16(6-8-17)19(26)24-20-22-18(13-29-20)12-25-10-14(2)9-15(3)11-25/h5-8,13-15H,4,9-12H2,1-3H3,(H,23,27)(H,22,24,26). The third kappa shape index (κ3) is 6.27. The second-order valence-electron chi connectivity index (χ2n) is 7.66. The number of piperidine rings is 1. The summed E-state index contributed by atoms with van der Waals surface area (Å²) < 4.78 is 4.83. The topological polar surface area (TPSA) is 83.6 Å². The zero-order chi connectivity index (χ0) is 20.8. The Kier molecular flexibility index (Phi) is 7.22. The van der Waals surface area contributed by atoms with Crippen LogP contribution in [0.25, 0.3) is 0 Å². The maximum Gasteiger partial charge on any atom is 0.411 e. The van der Waals surface area contributed by atoms with E-state index in [9.17, 15) is 9.59 Å². The molecule has 2 aromatic rings. The summed E-state index contributed by atoms with van der Waals surface area (Å²) in [6.07, 6.45) is 0.765. The van der Waals surface area contributed by atoms with Crippen molar-refractivity contribution in [3.63, 3.8) is 0 Å². The van der Waals surface area contributed by atoms with E-state index in [-0.39, 0.29) is 5.91 Å². The summed E-state index contributed by atoms with van der Waals surface area (Å²) in [6.45, 7) is 9.63. The second-order valence-corrected chi connectivity index (χ2v) is 8.52. The molecule has 2 atom stereocenters. The number of hydrogen-bond acceptors (Lipinski definition) is 6. The highest BCUT2D eigenvalue weighted by atomic mass is 32.1. The molecule has 0 radical (unpaired) electrons. The molecule has 0 spiro atoms. The number of nitrogens with one attached hydrogen (secondary N) is 2. The fourth-order valence-corrected chi connectivity index (χ4v) is 4.44. The second kappa shape index (κ2) is 9.84. The average molecular weight is 417 g/mol. The molecule has 2 N–H and O–H groups in total. The first-order valence-corrected chi connectivity index (χ1v) is 10.8. The van der Waals surface area contributed by atoms with Gasteiger partial charge in [0.25, 0.3) is 5.91 Å². The van der Waals surface area contributed by atoms with Gasteiger partial charge in [-0.05, 0) is 49.4 Å². The summed E-state index contributed by atoms with van der Waals surface area (Å²) in [4.78, 5) is 30.9. The number of benzene rings is 1. The van der Waals surface area contributed by atoms with Gasteiger partial charge in [0.1, 0.15) is 0 Å². The van der Waals surface area contributed by atoms with E-state index in [1.54, 1.807) is 31.2 Å². The number of thiazole rings is 1. The maximum atomic E-state index is 12.5. The third-order valence-corrected chi connectivity index (χ3v) is 5.58. The van der Waals surface area contributed by atoms with Crippen LogP contribution >= 0.6 is 11.3 Å². The van der Waals surface area contributed by atoms with Crippen molar-refractivity contribution in [2.24, 2.45) is 11.8 Å². The maximum absolute atomic E-state index is 12.5. The predicted octanol–water partition coefficient (Wildman–Crippen LogP) is 4.44. The van der Waals surface area contributed by atoms with Crippen molar-refractivity contribution in [3.8, 4) is 0 Å². The van der Waals surface area contributed by atoms with Crippen LogP contribution in [0.15, 0.2) is 29.6 Å². The van der Waals surface area contributed by atoms with Crippen LogP contribution in [0, 0.1) is 11.8 Å². The first kappa shape index (κ1) is 21.3. The Labute approximate surface area is 175 Å². The monoisotopic (exact) mass is 416 g/mol. The van der Waals surface area contributed by atoms with Gasteiger partial charge in [-0.1, -0.05) is 13.8 Å². The fourth-order valence-electron chi connectivity index (χ4n) is 3.75. The molecule has 1 aliphatic heterocycles. The van der Waals surface area contributed by atoms with Crippen molar-refractivity contribution in [2.75, 3.05) is 30.3 Å². The van der Waals surface area contributed by atoms with Gasteiger partial charge in [-0.15, -0.1) is 11.3 Å². The van der Waals surface area contributed by atoms with E-state index < -0.39 is 6.09 Å². The number of rotatable bonds is 6. The van der Waals surface area contributed by atoms with E-state index in [1.807, 2.05) is 5.38 Å². The van der Waals surface area contributed by atoms with Crippen LogP contribution in [0.4, 0.5) is 15.6 Å². The highest BCUT2D eigenvalue weighted by molar-refractivity contribution is 7.13. The van der Waals surface area contributed by atoms with Crippen LogP contribution in [-0.2, 0) is 11.3 Å². The van der Waals surface area contributed by atoms with E-state index in [0.717, 1.165) is 25.3 Å². The van der Waals surface area contributed by atoms with Gasteiger partial charge < -0.3 is 4.74 Å². The molecule has 1 aromatic heterocycles. The lowest BCUT2D eigenvalue weighted by molar-refractivity contribution is 0.102. The molecule has 7 nitrogen and oxygen atoms in total. The smallest absolute Gasteiger partial charge is 0.411 e. The highest BCUT2D eigenvalue weighted by Crippen LogP contribution is 2.24. The first-order valence-electron chi connectivity index (χ1n) is 9.95. The summed E-state index contributed by atoms with van der Waals surface area (Å²) in [5.41, 5.74) is 2.05. The fraction of sp³-hybridized carbons (Fsp3) is 0.476. The Morgan fingerprint density at radius 1 is 1.17 bits per heavy atom. The lowest BCUT2D eigenvalue weighted by Crippen LogP contribution is -2.38. The van der Waals surface area contributed by atoms with Gasteiger partial charge in [0.05, 0.1) is 12.3 Å². The average Bonchev–Trinajstić information content (AvgIpc) is 3.08. The summed E-state index contributed by atoms with van der Waals surface area (Å²) >= 11 is 1.44. The largest absolute Gasteiger partial charge is 0.450 e.